The molecule has 0 aliphatic heterocycles. The standard InChI is InChI=1S/C24H32N4O3/c1-6-18-14-19(12-16(4)21(18)30-11-9-10-29)23-26-27-24(31-23)20-13-17(5)22(25-15-20)28(7-2)8-3/h12-15,29H,6-11H2,1-5H3. The fourth-order valence-electron chi connectivity index (χ4n) is 3.67. The monoisotopic (exact) mass is 424 g/mol. The second-order valence-electron chi connectivity index (χ2n) is 7.51. The zero-order chi connectivity index (χ0) is 22.4. The van der Waals surface area contributed by atoms with Crippen molar-refractivity contribution in [3.05, 3.63) is 41.1 Å². The van der Waals surface area contributed by atoms with Crippen LogP contribution in [0.5, 0.6) is 5.75 Å². The van der Waals surface area contributed by atoms with Gasteiger partial charge in [-0.15, -0.1) is 10.2 Å². The van der Waals surface area contributed by atoms with Crippen molar-refractivity contribution in [1.29, 1.82) is 0 Å². The minimum absolute atomic E-state index is 0.119. The highest BCUT2D eigenvalue weighted by Crippen LogP contribution is 2.32. The molecule has 31 heavy (non-hydrogen) atoms. The predicted octanol–water partition coefficient (Wildman–Crippen LogP) is 4.59. The second kappa shape index (κ2) is 10.4. The summed E-state index contributed by atoms with van der Waals surface area (Å²) in [5.41, 5.74) is 4.84. The number of anilines is 1. The molecule has 0 bridgehead atoms. The first kappa shape index (κ1) is 22.7. The topological polar surface area (TPSA) is 84.5 Å². The lowest BCUT2D eigenvalue weighted by Gasteiger charge is -2.21. The van der Waals surface area contributed by atoms with Gasteiger partial charge in [0.05, 0.1) is 12.2 Å². The molecule has 0 spiro atoms. The van der Waals surface area contributed by atoms with Crippen LogP contribution in [0.2, 0.25) is 0 Å². The molecule has 3 aromatic rings. The zero-order valence-corrected chi connectivity index (χ0v) is 19.1. The Morgan fingerprint density at radius 2 is 1.65 bits per heavy atom. The Balaban J connectivity index is 1.88. The van der Waals surface area contributed by atoms with E-state index in [9.17, 15) is 0 Å². The summed E-state index contributed by atoms with van der Waals surface area (Å²) in [5.74, 6) is 2.77. The molecule has 0 saturated heterocycles. The molecular weight excluding hydrogens is 392 g/mol. The Hall–Kier alpha value is -2.93. The van der Waals surface area contributed by atoms with Gasteiger partial charge in [-0.3, -0.25) is 0 Å². The van der Waals surface area contributed by atoms with Gasteiger partial charge < -0.3 is 19.2 Å². The van der Waals surface area contributed by atoms with Crippen LogP contribution in [0.3, 0.4) is 0 Å². The fraction of sp³-hybridized carbons (Fsp3) is 0.458. The number of aliphatic hydroxyl groups excluding tert-OH is 1. The summed E-state index contributed by atoms with van der Waals surface area (Å²) in [6, 6.07) is 6.07. The molecule has 0 unspecified atom stereocenters. The lowest BCUT2D eigenvalue weighted by molar-refractivity contribution is 0.232. The third-order valence-electron chi connectivity index (χ3n) is 5.31. The molecule has 0 fully saturated rings. The third kappa shape index (κ3) is 5.05. The predicted molar refractivity (Wildman–Crippen MR) is 123 cm³/mol. The molecule has 1 aromatic carbocycles. The largest absolute Gasteiger partial charge is 0.493 e. The number of nitrogens with zero attached hydrogens (tertiary/aromatic N) is 4. The van der Waals surface area contributed by atoms with E-state index in [1.54, 1.807) is 6.20 Å². The fourth-order valence-corrected chi connectivity index (χ4v) is 3.67. The minimum Gasteiger partial charge on any atom is -0.493 e. The average molecular weight is 425 g/mol. The molecule has 2 heterocycles. The number of aryl methyl sites for hydroxylation is 3. The van der Waals surface area contributed by atoms with E-state index in [0.717, 1.165) is 58.9 Å². The molecule has 0 atom stereocenters. The van der Waals surface area contributed by atoms with Crippen molar-refractivity contribution in [3.63, 3.8) is 0 Å². The second-order valence-corrected chi connectivity index (χ2v) is 7.51. The van der Waals surface area contributed by atoms with Crippen molar-refractivity contribution in [2.24, 2.45) is 0 Å². The Morgan fingerprint density at radius 1 is 0.968 bits per heavy atom. The molecule has 1 N–H and O–H groups in total. The van der Waals surface area contributed by atoms with E-state index in [1.807, 2.05) is 32.0 Å². The van der Waals surface area contributed by atoms with Crippen LogP contribution in [0.4, 0.5) is 5.82 Å². The molecule has 0 aliphatic carbocycles. The van der Waals surface area contributed by atoms with Crippen LogP contribution in [0, 0.1) is 13.8 Å². The van der Waals surface area contributed by atoms with Crippen LogP contribution in [-0.2, 0) is 6.42 Å². The van der Waals surface area contributed by atoms with Crippen molar-refractivity contribution in [2.75, 3.05) is 31.2 Å². The maximum Gasteiger partial charge on any atom is 0.249 e. The van der Waals surface area contributed by atoms with E-state index >= 15 is 0 Å². The molecule has 166 valence electrons. The highest BCUT2D eigenvalue weighted by molar-refractivity contribution is 5.63. The number of hydrogen-bond donors (Lipinski definition) is 1. The van der Waals surface area contributed by atoms with Crippen molar-refractivity contribution in [2.45, 2.75) is 47.5 Å². The first-order chi connectivity index (χ1) is 15.0. The summed E-state index contributed by atoms with van der Waals surface area (Å²) in [6.07, 6.45) is 3.22. The summed E-state index contributed by atoms with van der Waals surface area (Å²) in [5, 5.41) is 17.5. The minimum atomic E-state index is 0.119. The maximum atomic E-state index is 9.00. The number of hydrogen-bond acceptors (Lipinski definition) is 7. The molecule has 0 amide bonds. The Labute approximate surface area is 184 Å². The van der Waals surface area contributed by atoms with Gasteiger partial charge in [0.15, 0.2) is 0 Å². The van der Waals surface area contributed by atoms with E-state index in [-0.39, 0.29) is 6.61 Å². The molecule has 0 radical (unpaired) electrons. The number of benzene rings is 1. The van der Waals surface area contributed by atoms with Crippen molar-refractivity contribution >= 4 is 5.82 Å². The van der Waals surface area contributed by atoms with Gasteiger partial charge in [0, 0.05) is 37.9 Å². The van der Waals surface area contributed by atoms with Gasteiger partial charge in [-0.05, 0) is 69.0 Å². The molecule has 0 saturated carbocycles. The van der Waals surface area contributed by atoms with Gasteiger partial charge in [-0.1, -0.05) is 6.92 Å². The van der Waals surface area contributed by atoms with E-state index in [0.29, 0.717) is 24.8 Å². The average Bonchev–Trinajstić information content (AvgIpc) is 3.27. The van der Waals surface area contributed by atoms with E-state index in [2.05, 4.69) is 40.9 Å². The smallest absolute Gasteiger partial charge is 0.249 e. The molecule has 7 heteroatoms. The normalized spacial score (nSPS) is 11.0. The number of aliphatic hydroxyl groups is 1. The van der Waals surface area contributed by atoms with Crippen molar-refractivity contribution < 1.29 is 14.3 Å². The van der Waals surface area contributed by atoms with Gasteiger partial charge in [-0.25, -0.2) is 4.98 Å². The summed E-state index contributed by atoms with van der Waals surface area (Å²) < 4.78 is 11.9. The number of rotatable bonds is 10. The Kier molecular flexibility index (Phi) is 7.63. The third-order valence-corrected chi connectivity index (χ3v) is 5.31. The van der Waals surface area contributed by atoms with Crippen LogP contribution in [0.15, 0.2) is 28.8 Å². The number of aromatic nitrogens is 3. The summed E-state index contributed by atoms with van der Waals surface area (Å²) in [4.78, 5) is 6.85. The quantitative estimate of drug-likeness (QED) is 0.477. The van der Waals surface area contributed by atoms with E-state index < -0.39 is 0 Å². The number of ether oxygens (including phenoxy) is 1. The van der Waals surface area contributed by atoms with Crippen LogP contribution in [-0.4, -0.2) is 46.6 Å². The van der Waals surface area contributed by atoms with Crippen molar-refractivity contribution in [3.8, 4) is 28.7 Å². The highest BCUT2D eigenvalue weighted by atomic mass is 16.5. The molecular formula is C24H32N4O3. The SMILES string of the molecule is CCc1cc(-c2nnc(-c3cnc(N(CC)CC)c(C)c3)o2)cc(C)c1OCCCO. The molecule has 3 rings (SSSR count). The van der Waals surface area contributed by atoms with Gasteiger partial charge in [-0.2, -0.15) is 0 Å². The number of pyridine rings is 1. The first-order valence-electron chi connectivity index (χ1n) is 10.9. The van der Waals surface area contributed by atoms with Crippen LogP contribution < -0.4 is 9.64 Å². The van der Waals surface area contributed by atoms with Crippen LogP contribution in [0.25, 0.3) is 22.9 Å². The zero-order valence-electron chi connectivity index (χ0n) is 19.1. The lowest BCUT2D eigenvalue weighted by atomic mass is 10.0. The lowest BCUT2D eigenvalue weighted by Crippen LogP contribution is -2.23. The first-order valence-corrected chi connectivity index (χ1v) is 10.9. The Bertz CT molecular complexity index is 1010. The van der Waals surface area contributed by atoms with Gasteiger partial charge in [0.25, 0.3) is 0 Å². The summed E-state index contributed by atoms with van der Waals surface area (Å²) >= 11 is 0. The van der Waals surface area contributed by atoms with Gasteiger partial charge in [0.2, 0.25) is 11.8 Å². The van der Waals surface area contributed by atoms with Crippen LogP contribution >= 0.6 is 0 Å². The van der Waals surface area contributed by atoms with Crippen LogP contribution in [0.1, 0.15) is 43.9 Å². The summed E-state index contributed by atoms with van der Waals surface area (Å²) in [6.45, 7) is 12.8. The molecule has 7 nitrogen and oxygen atoms in total. The van der Waals surface area contributed by atoms with Gasteiger partial charge in [0.1, 0.15) is 11.6 Å². The highest BCUT2D eigenvalue weighted by Gasteiger charge is 2.16. The van der Waals surface area contributed by atoms with E-state index in [1.165, 1.54) is 0 Å². The Morgan fingerprint density at radius 3 is 2.26 bits per heavy atom. The maximum absolute atomic E-state index is 9.00. The van der Waals surface area contributed by atoms with Crippen molar-refractivity contribution in [1.82, 2.24) is 15.2 Å². The van der Waals surface area contributed by atoms with Gasteiger partial charge >= 0.3 is 0 Å². The molecule has 2 aromatic heterocycles. The molecule has 0 aliphatic rings. The summed E-state index contributed by atoms with van der Waals surface area (Å²) in [7, 11) is 0. The van der Waals surface area contributed by atoms with E-state index in [4.69, 9.17) is 14.3 Å².